The summed E-state index contributed by atoms with van der Waals surface area (Å²) in [7, 11) is 1.62. The van der Waals surface area contributed by atoms with E-state index < -0.39 is 0 Å². The Kier molecular flexibility index (Phi) is 3.55. The number of hydrogen-bond acceptors (Lipinski definition) is 3. The van der Waals surface area contributed by atoms with Crippen molar-refractivity contribution in [3.8, 4) is 5.75 Å². The minimum atomic E-state index is -0.335. The highest BCUT2D eigenvalue weighted by Gasteiger charge is 2.12. The molecule has 1 heterocycles. The first-order valence-corrected chi connectivity index (χ1v) is 7.11. The van der Waals surface area contributed by atoms with Gasteiger partial charge in [-0.2, -0.15) is 0 Å². The Bertz CT molecular complexity index is 799. The van der Waals surface area contributed by atoms with Crippen LogP contribution >= 0.6 is 15.9 Å². The average molecular weight is 350 g/mol. The molecule has 0 aliphatic rings. The molecule has 108 valence electrons. The summed E-state index contributed by atoms with van der Waals surface area (Å²) in [5, 5.41) is 0. The Morgan fingerprint density at radius 3 is 2.67 bits per heavy atom. The van der Waals surface area contributed by atoms with Crippen LogP contribution in [0.4, 0.5) is 10.3 Å². The molecule has 2 aromatic carbocycles. The molecule has 0 amide bonds. The van der Waals surface area contributed by atoms with Crippen LogP contribution in [0.1, 0.15) is 5.56 Å². The maximum Gasteiger partial charge on any atom is 0.201 e. The van der Waals surface area contributed by atoms with Crippen LogP contribution in [0.5, 0.6) is 5.75 Å². The van der Waals surface area contributed by atoms with Crippen LogP contribution in [0.3, 0.4) is 0 Å². The third-order valence-corrected chi connectivity index (χ3v) is 3.93. The molecule has 0 bridgehead atoms. The van der Waals surface area contributed by atoms with Gasteiger partial charge in [-0.3, -0.25) is 0 Å². The number of nitrogens with two attached hydrogens (primary N) is 1. The lowest BCUT2D eigenvalue weighted by Gasteiger charge is -2.08. The van der Waals surface area contributed by atoms with E-state index in [1.54, 1.807) is 17.7 Å². The molecule has 2 N–H and O–H groups in total. The van der Waals surface area contributed by atoms with Crippen molar-refractivity contribution in [1.29, 1.82) is 0 Å². The molecule has 3 aromatic rings. The first kappa shape index (κ1) is 13.9. The van der Waals surface area contributed by atoms with Crippen molar-refractivity contribution >= 4 is 32.9 Å². The number of anilines is 1. The Hall–Kier alpha value is -2.08. The van der Waals surface area contributed by atoms with Crippen molar-refractivity contribution in [2.45, 2.75) is 6.54 Å². The molecule has 0 aliphatic carbocycles. The van der Waals surface area contributed by atoms with Crippen molar-refractivity contribution in [2.75, 3.05) is 12.8 Å². The van der Waals surface area contributed by atoms with Gasteiger partial charge < -0.3 is 15.0 Å². The molecule has 0 unspecified atom stereocenters. The number of methoxy groups -OCH3 is 1. The highest BCUT2D eigenvalue weighted by atomic mass is 79.9. The molecule has 0 radical (unpaired) electrons. The monoisotopic (exact) mass is 349 g/mol. The molecule has 0 aliphatic heterocycles. The molecule has 0 spiro atoms. The lowest BCUT2D eigenvalue weighted by molar-refractivity contribution is 0.414. The number of aromatic nitrogens is 2. The van der Waals surface area contributed by atoms with E-state index >= 15 is 0 Å². The number of nitrogen functional groups attached to an aromatic ring is 1. The maximum absolute atomic E-state index is 13.7. The Morgan fingerprint density at radius 1 is 1.29 bits per heavy atom. The predicted octanol–water partition coefficient (Wildman–Crippen LogP) is 3.58. The second kappa shape index (κ2) is 5.37. The number of nitrogens with zero attached hydrogens (tertiary/aromatic N) is 2. The SMILES string of the molecule is COc1ccc(Cn2c(N)nc3cc(Br)c(F)cc32)cc1. The molecule has 1 aromatic heterocycles. The van der Waals surface area contributed by atoms with Crippen LogP contribution < -0.4 is 10.5 Å². The van der Waals surface area contributed by atoms with Crippen molar-refractivity contribution in [2.24, 2.45) is 0 Å². The van der Waals surface area contributed by atoms with Gasteiger partial charge in [0.05, 0.1) is 29.2 Å². The van der Waals surface area contributed by atoms with Gasteiger partial charge in [-0.15, -0.1) is 0 Å². The summed E-state index contributed by atoms with van der Waals surface area (Å²) < 4.78 is 21.0. The fraction of sp³-hybridized carbons (Fsp3) is 0.133. The fourth-order valence-corrected chi connectivity index (χ4v) is 2.55. The van der Waals surface area contributed by atoms with E-state index in [0.29, 0.717) is 28.0 Å². The molecule has 0 atom stereocenters. The maximum atomic E-state index is 13.7. The molecule has 6 heteroatoms. The second-order valence-electron chi connectivity index (χ2n) is 4.66. The van der Waals surface area contributed by atoms with Gasteiger partial charge in [0.1, 0.15) is 11.6 Å². The number of ether oxygens (including phenoxy) is 1. The van der Waals surface area contributed by atoms with Gasteiger partial charge in [0.15, 0.2) is 0 Å². The summed E-state index contributed by atoms with van der Waals surface area (Å²) in [6, 6.07) is 10.7. The summed E-state index contributed by atoms with van der Waals surface area (Å²) in [4.78, 5) is 4.26. The Labute approximate surface area is 129 Å². The summed E-state index contributed by atoms with van der Waals surface area (Å²) in [6.07, 6.45) is 0. The van der Waals surface area contributed by atoms with Gasteiger partial charge in [0.2, 0.25) is 5.95 Å². The van der Waals surface area contributed by atoms with Gasteiger partial charge in [-0.05, 0) is 39.7 Å². The largest absolute Gasteiger partial charge is 0.497 e. The third-order valence-electron chi connectivity index (χ3n) is 3.32. The average Bonchev–Trinajstić information content (AvgIpc) is 2.76. The fourth-order valence-electron chi connectivity index (χ4n) is 2.22. The first-order valence-electron chi connectivity index (χ1n) is 6.32. The molecular formula is C15H13BrFN3O. The van der Waals surface area contributed by atoms with Crippen molar-refractivity contribution in [1.82, 2.24) is 9.55 Å². The van der Waals surface area contributed by atoms with Gasteiger partial charge in [0.25, 0.3) is 0 Å². The van der Waals surface area contributed by atoms with Crippen LogP contribution in [0.25, 0.3) is 11.0 Å². The molecule has 3 rings (SSSR count). The first-order chi connectivity index (χ1) is 10.1. The zero-order valence-electron chi connectivity index (χ0n) is 11.3. The Balaban J connectivity index is 2.03. The lowest BCUT2D eigenvalue weighted by atomic mass is 10.2. The minimum Gasteiger partial charge on any atom is -0.497 e. The summed E-state index contributed by atoms with van der Waals surface area (Å²) in [5.41, 5.74) is 8.31. The summed E-state index contributed by atoms with van der Waals surface area (Å²) in [6.45, 7) is 0.521. The van der Waals surface area contributed by atoms with Crippen molar-refractivity contribution in [3.05, 3.63) is 52.3 Å². The highest BCUT2D eigenvalue weighted by Crippen LogP contribution is 2.26. The number of benzene rings is 2. The molecular weight excluding hydrogens is 337 g/mol. The third kappa shape index (κ3) is 2.58. The molecule has 21 heavy (non-hydrogen) atoms. The van der Waals surface area contributed by atoms with E-state index in [2.05, 4.69) is 20.9 Å². The van der Waals surface area contributed by atoms with E-state index in [9.17, 15) is 4.39 Å². The van der Waals surface area contributed by atoms with Crippen LogP contribution in [-0.2, 0) is 6.54 Å². The smallest absolute Gasteiger partial charge is 0.201 e. The number of halogens is 2. The number of hydrogen-bond donors (Lipinski definition) is 1. The lowest BCUT2D eigenvalue weighted by Crippen LogP contribution is -2.04. The van der Waals surface area contributed by atoms with E-state index in [1.807, 2.05) is 24.3 Å². The predicted molar refractivity (Wildman–Crippen MR) is 83.9 cm³/mol. The summed E-state index contributed by atoms with van der Waals surface area (Å²) >= 11 is 3.15. The topological polar surface area (TPSA) is 53.1 Å². The molecule has 0 saturated carbocycles. The van der Waals surface area contributed by atoms with Gasteiger partial charge >= 0.3 is 0 Å². The minimum absolute atomic E-state index is 0.335. The second-order valence-corrected chi connectivity index (χ2v) is 5.51. The van der Waals surface area contributed by atoms with Gasteiger partial charge in [-0.1, -0.05) is 12.1 Å². The van der Waals surface area contributed by atoms with Crippen LogP contribution in [0.15, 0.2) is 40.9 Å². The van der Waals surface area contributed by atoms with Crippen LogP contribution in [0, 0.1) is 5.82 Å². The number of rotatable bonds is 3. The van der Waals surface area contributed by atoms with Gasteiger partial charge in [-0.25, -0.2) is 9.37 Å². The van der Waals surface area contributed by atoms with Crippen molar-refractivity contribution < 1.29 is 9.13 Å². The quantitative estimate of drug-likeness (QED) is 0.786. The highest BCUT2D eigenvalue weighted by molar-refractivity contribution is 9.10. The van der Waals surface area contributed by atoms with E-state index in [-0.39, 0.29) is 5.82 Å². The van der Waals surface area contributed by atoms with E-state index in [4.69, 9.17) is 10.5 Å². The zero-order valence-corrected chi connectivity index (χ0v) is 12.9. The normalized spacial score (nSPS) is 11.0. The van der Waals surface area contributed by atoms with Crippen LogP contribution in [-0.4, -0.2) is 16.7 Å². The van der Waals surface area contributed by atoms with Gasteiger partial charge in [0, 0.05) is 6.07 Å². The number of imidazole rings is 1. The molecule has 0 fully saturated rings. The number of fused-ring (bicyclic) bond motifs is 1. The van der Waals surface area contributed by atoms with E-state index in [0.717, 1.165) is 11.3 Å². The molecule has 0 saturated heterocycles. The van der Waals surface area contributed by atoms with E-state index in [1.165, 1.54) is 6.07 Å². The summed E-state index contributed by atoms with van der Waals surface area (Å²) in [5.74, 6) is 0.814. The van der Waals surface area contributed by atoms with Crippen molar-refractivity contribution in [3.63, 3.8) is 0 Å². The molecule has 4 nitrogen and oxygen atoms in total. The standard InChI is InChI=1S/C15H13BrFN3O/c1-21-10-4-2-9(3-5-10)8-20-14-7-12(17)11(16)6-13(14)19-15(20)18/h2-7H,8H2,1H3,(H2,18,19). The Morgan fingerprint density at radius 2 is 2.00 bits per heavy atom. The van der Waals surface area contributed by atoms with Crippen LogP contribution in [0.2, 0.25) is 0 Å². The zero-order chi connectivity index (χ0) is 15.0.